The molecule has 2 aromatic heterocycles. The average molecular weight is 443 g/mol. The molecular weight excluding hydrogens is 416 g/mol. The number of carbonyl (C=O) groups excluding carboxylic acids is 1. The van der Waals surface area contributed by atoms with Gasteiger partial charge in [0.2, 0.25) is 0 Å². The molecule has 1 aliphatic heterocycles. The Morgan fingerprint density at radius 3 is 2.67 bits per heavy atom. The van der Waals surface area contributed by atoms with Crippen LogP contribution >= 0.6 is 0 Å². The highest BCUT2D eigenvalue weighted by Crippen LogP contribution is 2.22. The minimum absolute atomic E-state index is 0.155. The minimum Gasteiger partial charge on any atom is -0.372 e. The van der Waals surface area contributed by atoms with E-state index in [1.807, 2.05) is 30.3 Å². The Hall–Kier alpha value is -4.12. The summed E-state index contributed by atoms with van der Waals surface area (Å²) in [6.07, 6.45) is 5.58. The van der Waals surface area contributed by atoms with Gasteiger partial charge in [-0.25, -0.2) is 4.98 Å². The molecule has 33 heavy (non-hydrogen) atoms. The van der Waals surface area contributed by atoms with Crippen molar-refractivity contribution in [3.63, 3.8) is 0 Å². The highest BCUT2D eigenvalue weighted by atomic mass is 16.2. The number of anilines is 3. The third kappa shape index (κ3) is 5.57. The van der Waals surface area contributed by atoms with Crippen molar-refractivity contribution in [1.82, 2.24) is 9.97 Å². The summed E-state index contributed by atoms with van der Waals surface area (Å²) in [5.74, 6) is 0.288. The highest BCUT2D eigenvalue weighted by molar-refractivity contribution is 6.04. The number of aromatic nitrogens is 2. The Kier molecular flexibility index (Phi) is 7.00. The summed E-state index contributed by atoms with van der Waals surface area (Å²) in [4.78, 5) is 34.6. The monoisotopic (exact) mass is 442 g/mol. The molecule has 1 amide bonds. The first-order valence-corrected chi connectivity index (χ1v) is 11.1. The van der Waals surface area contributed by atoms with Crippen molar-refractivity contribution >= 4 is 23.1 Å². The van der Waals surface area contributed by atoms with Crippen molar-refractivity contribution in [3.05, 3.63) is 70.6 Å². The standard InChI is InChI=1S/C25H26N6O2/c26-12-5-13-27-23-7-4-6-21(29-23)19-16-22(25(33)28-17-19)30-24(32)18-8-10-20(11-9-18)31-14-2-1-3-15-31/h4,6-11,16-17H,1-3,5,13-15H2,(H,27,29)(H,28,33)(H,30,32). The van der Waals surface area contributed by atoms with Crippen molar-refractivity contribution in [2.24, 2.45) is 0 Å². The summed E-state index contributed by atoms with van der Waals surface area (Å²) < 4.78 is 0. The third-order valence-corrected chi connectivity index (χ3v) is 5.59. The van der Waals surface area contributed by atoms with Crippen LogP contribution in [0.4, 0.5) is 17.2 Å². The summed E-state index contributed by atoms with van der Waals surface area (Å²) in [6.45, 7) is 2.57. The van der Waals surface area contributed by atoms with E-state index in [-0.39, 0.29) is 17.2 Å². The van der Waals surface area contributed by atoms with Gasteiger partial charge in [-0.2, -0.15) is 5.26 Å². The summed E-state index contributed by atoms with van der Waals surface area (Å²) in [5, 5.41) is 14.5. The molecule has 168 valence electrons. The van der Waals surface area contributed by atoms with Gasteiger partial charge in [-0.1, -0.05) is 6.07 Å². The number of piperidine rings is 1. The number of aromatic amines is 1. The van der Waals surface area contributed by atoms with Crippen LogP contribution in [-0.2, 0) is 0 Å². The van der Waals surface area contributed by atoms with Crippen molar-refractivity contribution in [2.75, 3.05) is 35.2 Å². The second-order valence-corrected chi connectivity index (χ2v) is 7.92. The normalized spacial score (nSPS) is 13.2. The van der Waals surface area contributed by atoms with Crippen LogP contribution < -0.4 is 21.1 Å². The zero-order valence-corrected chi connectivity index (χ0v) is 18.3. The second kappa shape index (κ2) is 10.5. The van der Waals surface area contributed by atoms with Crippen molar-refractivity contribution in [1.29, 1.82) is 5.26 Å². The predicted octanol–water partition coefficient (Wildman–Crippen LogP) is 4.01. The van der Waals surface area contributed by atoms with Crippen molar-refractivity contribution in [3.8, 4) is 17.3 Å². The highest BCUT2D eigenvalue weighted by Gasteiger charge is 2.14. The molecular formula is C25H26N6O2. The molecule has 3 N–H and O–H groups in total. The molecule has 8 nitrogen and oxygen atoms in total. The lowest BCUT2D eigenvalue weighted by Gasteiger charge is -2.28. The number of nitrogens with zero attached hydrogens (tertiary/aromatic N) is 3. The Labute approximate surface area is 192 Å². The number of nitrogens with one attached hydrogen (secondary N) is 3. The SMILES string of the molecule is N#CCCNc1cccc(-c2c[nH]c(=O)c(NC(=O)c3ccc(N4CCCCC4)cc3)c2)n1. The number of pyridine rings is 2. The van der Waals surface area contributed by atoms with Crippen molar-refractivity contribution in [2.45, 2.75) is 25.7 Å². The molecule has 0 atom stereocenters. The van der Waals surface area contributed by atoms with Gasteiger partial charge in [0.1, 0.15) is 11.5 Å². The smallest absolute Gasteiger partial charge is 0.271 e. The molecule has 0 bridgehead atoms. The predicted molar refractivity (Wildman–Crippen MR) is 129 cm³/mol. The first-order chi connectivity index (χ1) is 16.1. The number of amides is 1. The Morgan fingerprint density at radius 1 is 1.12 bits per heavy atom. The van der Waals surface area contributed by atoms with E-state index in [0.29, 0.717) is 35.6 Å². The topological polar surface area (TPSA) is 114 Å². The zero-order chi connectivity index (χ0) is 23.0. The second-order valence-electron chi connectivity index (χ2n) is 7.92. The number of rotatable bonds is 7. The van der Waals surface area contributed by atoms with Crippen LogP contribution in [0.2, 0.25) is 0 Å². The van der Waals surface area contributed by atoms with Crippen LogP contribution in [0.25, 0.3) is 11.3 Å². The van der Waals surface area contributed by atoms with Crippen LogP contribution in [0.1, 0.15) is 36.0 Å². The molecule has 0 spiro atoms. The number of hydrogen-bond donors (Lipinski definition) is 3. The molecule has 0 unspecified atom stereocenters. The lowest BCUT2D eigenvalue weighted by Crippen LogP contribution is -2.29. The molecule has 3 aromatic rings. The van der Waals surface area contributed by atoms with E-state index in [1.165, 1.54) is 19.3 Å². The van der Waals surface area contributed by atoms with Gasteiger partial charge < -0.3 is 20.5 Å². The molecule has 8 heteroatoms. The van der Waals surface area contributed by atoms with Crippen LogP contribution in [0.3, 0.4) is 0 Å². The summed E-state index contributed by atoms with van der Waals surface area (Å²) in [6, 6.07) is 16.6. The first kappa shape index (κ1) is 22.1. The number of hydrogen-bond acceptors (Lipinski definition) is 6. The van der Waals surface area contributed by atoms with Gasteiger partial charge in [0, 0.05) is 42.6 Å². The summed E-state index contributed by atoms with van der Waals surface area (Å²) >= 11 is 0. The summed E-state index contributed by atoms with van der Waals surface area (Å²) in [7, 11) is 0. The lowest BCUT2D eigenvalue weighted by molar-refractivity contribution is 0.102. The van der Waals surface area contributed by atoms with E-state index in [9.17, 15) is 9.59 Å². The van der Waals surface area contributed by atoms with E-state index in [4.69, 9.17) is 5.26 Å². The molecule has 0 saturated carbocycles. The molecule has 4 rings (SSSR count). The molecule has 0 aliphatic carbocycles. The van der Waals surface area contributed by atoms with Crippen LogP contribution in [0.5, 0.6) is 0 Å². The van der Waals surface area contributed by atoms with Gasteiger partial charge in [-0.3, -0.25) is 9.59 Å². The van der Waals surface area contributed by atoms with E-state index in [1.54, 1.807) is 24.4 Å². The van der Waals surface area contributed by atoms with E-state index in [0.717, 1.165) is 18.8 Å². The minimum atomic E-state index is -0.389. The molecule has 3 heterocycles. The van der Waals surface area contributed by atoms with Gasteiger partial charge in [0.25, 0.3) is 11.5 Å². The van der Waals surface area contributed by atoms with Gasteiger partial charge in [-0.05, 0) is 61.7 Å². The van der Waals surface area contributed by atoms with Crippen LogP contribution in [-0.4, -0.2) is 35.5 Å². The maximum absolute atomic E-state index is 12.8. The van der Waals surface area contributed by atoms with Gasteiger partial charge >= 0.3 is 0 Å². The fraction of sp³-hybridized carbons (Fsp3) is 0.280. The summed E-state index contributed by atoms with van der Waals surface area (Å²) in [5.41, 5.74) is 2.66. The molecule has 1 aromatic carbocycles. The number of nitriles is 1. The van der Waals surface area contributed by atoms with Gasteiger partial charge in [-0.15, -0.1) is 0 Å². The zero-order valence-electron chi connectivity index (χ0n) is 18.3. The van der Waals surface area contributed by atoms with E-state index in [2.05, 4.69) is 31.6 Å². The molecule has 1 aliphatic rings. The maximum Gasteiger partial charge on any atom is 0.271 e. The van der Waals surface area contributed by atoms with Gasteiger partial charge in [0.05, 0.1) is 18.2 Å². The number of carbonyl (C=O) groups is 1. The Balaban J connectivity index is 1.48. The Bertz CT molecular complexity index is 1210. The van der Waals surface area contributed by atoms with Crippen LogP contribution in [0, 0.1) is 11.3 Å². The number of benzene rings is 1. The van der Waals surface area contributed by atoms with Crippen molar-refractivity contribution < 1.29 is 4.79 Å². The Morgan fingerprint density at radius 2 is 1.91 bits per heavy atom. The average Bonchev–Trinajstić information content (AvgIpc) is 2.86. The number of H-pyrrole nitrogens is 1. The van der Waals surface area contributed by atoms with E-state index < -0.39 is 0 Å². The van der Waals surface area contributed by atoms with Gasteiger partial charge in [0.15, 0.2) is 0 Å². The van der Waals surface area contributed by atoms with Crippen LogP contribution in [0.15, 0.2) is 59.5 Å². The first-order valence-electron chi connectivity index (χ1n) is 11.1. The fourth-order valence-electron chi connectivity index (χ4n) is 3.84. The quantitative estimate of drug-likeness (QED) is 0.477. The molecule has 0 radical (unpaired) electrons. The largest absolute Gasteiger partial charge is 0.372 e. The molecule has 1 fully saturated rings. The third-order valence-electron chi connectivity index (χ3n) is 5.59. The fourth-order valence-corrected chi connectivity index (χ4v) is 3.84. The lowest BCUT2D eigenvalue weighted by atomic mass is 10.1. The molecule has 1 saturated heterocycles. The maximum atomic E-state index is 12.8. The van der Waals surface area contributed by atoms with E-state index >= 15 is 0 Å².